The molecule has 4 fully saturated rings. The second kappa shape index (κ2) is 7.35. The van der Waals surface area contributed by atoms with Crippen LogP contribution in [0.5, 0.6) is 0 Å². The van der Waals surface area contributed by atoms with Crippen LogP contribution in [0.2, 0.25) is 0 Å². The molecule has 1 N–H and O–H groups in total. The standard InChI is InChI=1S/C23H35ClO4/c1-13(25)16-6-7-17-15-5-4-14-10-18(26)20(28-9-8-24)12-22(14,2)21(15)19(27)11-23(16,17)3/h14-18,20-21,26H,4-12H2,1-3H3/t14-,15-,16+,17-,18-,20-,21+,22-,23+/m0/s1. The van der Waals surface area contributed by atoms with Gasteiger partial charge in [0.05, 0.1) is 18.8 Å². The number of hydrogen-bond donors (Lipinski definition) is 1. The number of halogens is 1. The van der Waals surface area contributed by atoms with E-state index in [1.807, 2.05) is 0 Å². The minimum Gasteiger partial charge on any atom is -0.390 e. The largest absolute Gasteiger partial charge is 0.390 e. The molecule has 158 valence electrons. The third-order valence-corrected chi connectivity index (χ3v) is 9.40. The zero-order valence-corrected chi connectivity index (χ0v) is 18.2. The fourth-order valence-corrected chi connectivity index (χ4v) is 8.20. The number of Topliss-reactive ketones (excluding diaryl/α,β-unsaturated/α-hetero) is 2. The lowest BCUT2D eigenvalue weighted by Crippen LogP contribution is -2.60. The summed E-state index contributed by atoms with van der Waals surface area (Å²) in [6.45, 7) is 6.62. The van der Waals surface area contributed by atoms with E-state index in [1.54, 1.807) is 6.92 Å². The highest BCUT2D eigenvalue weighted by molar-refractivity contribution is 6.17. The van der Waals surface area contributed by atoms with Gasteiger partial charge in [0.25, 0.3) is 0 Å². The maximum atomic E-state index is 13.6. The third kappa shape index (κ3) is 3.01. The van der Waals surface area contributed by atoms with E-state index in [1.165, 1.54) is 0 Å². The molecule has 0 aliphatic heterocycles. The minimum absolute atomic E-state index is 0.0425. The van der Waals surface area contributed by atoms with Gasteiger partial charge in [-0.15, -0.1) is 11.6 Å². The number of carbonyl (C=O) groups is 2. The van der Waals surface area contributed by atoms with E-state index in [4.69, 9.17) is 16.3 Å². The molecule has 4 nitrogen and oxygen atoms in total. The Bertz CT molecular complexity index is 651. The van der Waals surface area contributed by atoms with Crippen LogP contribution in [0.3, 0.4) is 0 Å². The number of carbonyl (C=O) groups excluding carboxylic acids is 2. The first kappa shape index (κ1) is 20.8. The number of aliphatic hydroxyl groups is 1. The number of ketones is 2. The zero-order valence-electron chi connectivity index (χ0n) is 17.5. The van der Waals surface area contributed by atoms with Gasteiger partial charge in [0.2, 0.25) is 0 Å². The molecule has 0 radical (unpaired) electrons. The Morgan fingerprint density at radius 1 is 1.21 bits per heavy atom. The Kier molecular flexibility index (Phi) is 5.46. The van der Waals surface area contributed by atoms with Crippen LogP contribution in [0.4, 0.5) is 0 Å². The average Bonchev–Trinajstić information content (AvgIpc) is 2.97. The average molecular weight is 411 g/mol. The maximum Gasteiger partial charge on any atom is 0.137 e. The SMILES string of the molecule is CC(=O)[C@H]1CC[C@H]2[C@@H]3CC[C@H]4C[C@H](O)[C@@H](OCCCl)C[C@]4(C)[C@H]3C(=O)C[C@]12C. The van der Waals surface area contributed by atoms with Crippen molar-refractivity contribution in [2.45, 2.75) is 77.9 Å². The summed E-state index contributed by atoms with van der Waals surface area (Å²) in [5.41, 5.74) is -0.276. The lowest BCUT2D eigenvalue weighted by atomic mass is 9.44. The Balaban J connectivity index is 1.63. The number of hydrogen-bond acceptors (Lipinski definition) is 4. The van der Waals surface area contributed by atoms with E-state index in [0.29, 0.717) is 42.4 Å². The van der Waals surface area contributed by atoms with Crippen molar-refractivity contribution in [2.24, 2.45) is 40.4 Å². The summed E-state index contributed by atoms with van der Waals surface area (Å²) in [5.74, 6) is 2.34. The van der Waals surface area contributed by atoms with Crippen molar-refractivity contribution in [3.8, 4) is 0 Å². The van der Waals surface area contributed by atoms with Crippen molar-refractivity contribution in [2.75, 3.05) is 12.5 Å². The second-order valence-electron chi connectivity index (χ2n) is 10.5. The maximum absolute atomic E-state index is 13.6. The van der Waals surface area contributed by atoms with Crippen molar-refractivity contribution in [1.29, 1.82) is 0 Å². The predicted molar refractivity (Wildman–Crippen MR) is 108 cm³/mol. The van der Waals surface area contributed by atoms with Gasteiger partial charge in [0, 0.05) is 24.1 Å². The van der Waals surface area contributed by atoms with Crippen LogP contribution in [0.25, 0.3) is 0 Å². The fraction of sp³-hybridized carbons (Fsp3) is 0.913. The topological polar surface area (TPSA) is 63.6 Å². The van der Waals surface area contributed by atoms with Crippen molar-refractivity contribution in [3.63, 3.8) is 0 Å². The van der Waals surface area contributed by atoms with Crippen molar-refractivity contribution in [3.05, 3.63) is 0 Å². The molecule has 4 saturated carbocycles. The highest BCUT2D eigenvalue weighted by atomic mass is 35.5. The smallest absolute Gasteiger partial charge is 0.137 e. The molecule has 4 rings (SSSR count). The first-order valence-electron chi connectivity index (χ1n) is 11.1. The van der Waals surface area contributed by atoms with Crippen LogP contribution >= 0.6 is 11.6 Å². The second-order valence-corrected chi connectivity index (χ2v) is 10.9. The van der Waals surface area contributed by atoms with Crippen LogP contribution in [0.1, 0.15) is 65.7 Å². The monoisotopic (exact) mass is 410 g/mol. The lowest BCUT2D eigenvalue weighted by molar-refractivity contribution is -0.179. The van der Waals surface area contributed by atoms with E-state index in [-0.39, 0.29) is 34.6 Å². The van der Waals surface area contributed by atoms with Crippen LogP contribution in [-0.2, 0) is 14.3 Å². The van der Waals surface area contributed by atoms with Crippen LogP contribution in [-0.4, -0.2) is 41.4 Å². The summed E-state index contributed by atoms with van der Waals surface area (Å²) in [6.07, 6.45) is 5.45. The number of aliphatic hydroxyl groups excluding tert-OH is 1. The lowest BCUT2D eigenvalue weighted by Gasteiger charge is -2.60. The first-order valence-corrected chi connectivity index (χ1v) is 11.6. The molecule has 0 unspecified atom stereocenters. The van der Waals surface area contributed by atoms with Gasteiger partial charge in [0.15, 0.2) is 0 Å². The quantitative estimate of drug-likeness (QED) is 0.711. The fourth-order valence-electron chi connectivity index (χ4n) is 8.11. The molecule has 5 heteroatoms. The number of fused-ring (bicyclic) bond motifs is 5. The van der Waals surface area contributed by atoms with Gasteiger partial charge in [0.1, 0.15) is 11.6 Å². The van der Waals surface area contributed by atoms with Crippen molar-refractivity contribution < 1.29 is 19.4 Å². The third-order valence-electron chi connectivity index (χ3n) is 9.24. The molecule has 0 heterocycles. The molecular formula is C23H35ClO4. The van der Waals surface area contributed by atoms with E-state index < -0.39 is 6.10 Å². The van der Waals surface area contributed by atoms with Gasteiger partial charge in [-0.05, 0) is 74.0 Å². The normalized spacial score (nSPS) is 50.6. The number of alkyl halides is 1. The molecule has 0 spiro atoms. The summed E-state index contributed by atoms with van der Waals surface area (Å²) in [4.78, 5) is 25.8. The molecule has 0 aromatic carbocycles. The van der Waals surface area contributed by atoms with E-state index in [0.717, 1.165) is 38.5 Å². The highest BCUT2D eigenvalue weighted by Crippen LogP contribution is 2.66. The molecule has 4 aliphatic rings. The summed E-state index contributed by atoms with van der Waals surface area (Å²) < 4.78 is 5.89. The predicted octanol–water partition coefficient (Wildman–Crippen LogP) is 4.01. The van der Waals surface area contributed by atoms with E-state index in [2.05, 4.69) is 13.8 Å². The molecule has 0 saturated heterocycles. The van der Waals surface area contributed by atoms with Gasteiger partial charge in [-0.3, -0.25) is 9.59 Å². The molecule has 4 aliphatic carbocycles. The van der Waals surface area contributed by atoms with Crippen molar-refractivity contribution in [1.82, 2.24) is 0 Å². The van der Waals surface area contributed by atoms with Gasteiger partial charge in [-0.1, -0.05) is 13.8 Å². The van der Waals surface area contributed by atoms with E-state index in [9.17, 15) is 14.7 Å². The molecule has 0 aromatic heterocycles. The van der Waals surface area contributed by atoms with Crippen LogP contribution < -0.4 is 0 Å². The van der Waals surface area contributed by atoms with E-state index >= 15 is 0 Å². The zero-order chi connectivity index (χ0) is 20.3. The van der Waals surface area contributed by atoms with Gasteiger partial charge >= 0.3 is 0 Å². The minimum atomic E-state index is -0.463. The molecule has 0 bridgehead atoms. The molecule has 0 aromatic rings. The van der Waals surface area contributed by atoms with Crippen LogP contribution in [0.15, 0.2) is 0 Å². The summed E-state index contributed by atoms with van der Waals surface area (Å²) in [5, 5.41) is 10.6. The molecule has 28 heavy (non-hydrogen) atoms. The summed E-state index contributed by atoms with van der Waals surface area (Å²) >= 11 is 5.80. The van der Waals surface area contributed by atoms with Crippen LogP contribution in [0, 0.1) is 40.4 Å². The molecule has 9 atom stereocenters. The molecular weight excluding hydrogens is 376 g/mol. The molecule has 0 amide bonds. The van der Waals surface area contributed by atoms with Crippen molar-refractivity contribution >= 4 is 23.2 Å². The highest BCUT2D eigenvalue weighted by Gasteiger charge is 2.64. The Morgan fingerprint density at radius 3 is 2.64 bits per heavy atom. The number of ether oxygens (including phenoxy) is 1. The number of rotatable bonds is 4. The van der Waals surface area contributed by atoms with Gasteiger partial charge in [-0.2, -0.15) is 0 Å². The Labute approximate surface area is 173 Å². The Morgan fingerprint density at radius 2 is 1.96 bits per heavy atom. The van der Waals surface area contributed by atoms with Gasteiger partial charge in [-0.25, -0.2) is 0 Å². The summed E-state index contributed by atoms with van der Waals surface area (Å²) in [7, 11) is 0. The first-order chi connectivity index (χ1) is 13.2. The summed E-state index contributed by atoms with van der Waals surface area (Å²) in [6, 6.07) is 0. The Hall–Kier alpha value is -0.450. The van der Waals surface area contributed by atoms with Gasteiger partial charge < -0.3 is 9.84 Å².